The predicted octanol–water partition coefficient (Wildman–Crippen LogP) is 2.74. The third-order valence-electron chi connectivity index (χ3n) is 5.15. The number of methoxy groups -OCH3 is 1. The summed E-state index contributed by atoms with van der Waals surface area (Å²) < 4.78 is 6.76. The van der Waals surface area contributed by atoms with Gasteiger partial charge in [0, 0.05) is 56.9 Å². The van der Waals surface area contributed by atoms with Crippen molar-refractivity contribution in [3.05, 3.63) is 38.7 Å². The molecule has 7 nitrogen and oxygen atoms in total. The van der Waals surface area contributed by atoms with Crippen LogP contribution in [-0.4, -0.2) is 60.1 Å². The molecule has 0 aromatic carbocycles. The van der Waals surface area contributed by atoms with Gasteiger partial charge in [-0.05, 0) is 19.4 Å². The van der Waals surface area contributed by atoms with Gasteiger partial charge in [-0.3, -0.25) is 9.69 Å². The van der Waals surface area contributed by atoms with Crippen LogP contribution >= 0.6 is 11.3 Å². The SMILES string of the molecule is COCCN(C)c1cnn([C@H]2CCCN(Cc3cnc(C(C)C)s3)C2)c(=O)c1. The second kappa shape index (κ2) is 9.62. The molecule has 8 heteroatoms. The van der Waals surface area contributed by atoms with Gasteiger partial charge in [-0.1, -0.05) is 13.8 Å². The van der Waals surface area contributed by atoms with Crippen molar-refractivity contribution in [2.45, 2.75) is 45.2 Å². The van der Waals surface area contributed by atoms with Crippen molar-refractivity contribution >= 4 is 17.0 Å². The van der Waals surface area contributed by atoms with Crippen LogP contribution in [0.4, 0.5) is 5.69 Å². The zero-order valence-corrected chi connectivity index (χ0v) is 18.1. The number of likely N-dealkylation sites (N-methyl/N-ethyl adjacent to an activating group) is 1. The second-order valence-electron chi connectivity index (χ2n) is 7.76. The lowest BCUT2D eigenvalue weighted by molar-refractivity contribution is 0.161. The highest BCUT2D eigenvalue weighted by Gasteiger charge is 2.24. The number of ether oxygens (including phenoxy) is 1. The van der Waals surface area contributed by atoms with Crippen LogP contribution in [0.5, 0.6) is 0 Å². The fourth-order valence-corrected chi connectivity index (χ4v) is 4.47. The van der Waals surface area contributed by atoms with Gasteiger partial charge in [0.2, 0.25) is 0 Å². The molecule has 0 unspecified atom stereocenters. The van der Waals surface area contributed by atoms with Crippen molar-refractivity contribution in [2.75, 3.05) is 45.3 Å². The van der Waals surface area contributed by atoms with Crippen LogP contribution in [0.2, 0.25) is 0 Å². The molecule has 1 saturated heterocycles. The topological polar surface area (TPSA) is 63.5 Å². The summed E-state index contributed by atoms with van der Waals surface area (Å²) in [7, 11) is 3.62. The molecule has 1 aliphatic heterocycles. The van der Waals surface area contributed by atoms with Gasteiger partial charge in [-0.2, -0.15) is 5.10 Å². The number of likely N-dealkylation sites (tertiary alicyclic amines) is 1. The third kappa shape index (κ3) is 5.18. The summed E-state index contributed by atoms with van der Waals surface area (Å²) in [6.45, 7) is 8.49. The Morgan fingerprint density at radius 3 is 2.89 bits per heavy atom. The van der Waals surface area contributed by atoms with Crippen molar-refractivity contribution in [1.29, 1.82) is 0 Å². The first-order chi connectivity index (χ1) is 13.5. The maximum Gasteiger partial charge on any atom is 0.269 e. The highest BCUT2D eigenvalue weighted by molar-refractivity contribution is 7.11. The molecule has 1 atom stereocenters. The fourth-order valence-electron chi connectivity index (χ4n) is 3.51. The summed E-state index contributed by atoms with van der Waals surface area (Å²) in [5.74, 6) is 0.469. The van der Waals surface area contributed by atoms with Crippen molar-refractivity contribution in [3.8, 4) is 0 Å². The standard InChI is InChI=1S/C20H31N5O2S/c1-15(2)20-21-12-18(28-20)14-24-7-5-6-16(13-24)25-19(26)10-17(11-22-25)23(3)8-9-27-4/h10-12,15-16H,5-9,13-14H2,1-4H3/t16-/m0/s1. The normalized spacial score (nSPS) is 18.0. The molecule has 0 bridgehead atoms. The molecule has 2 aromatic heterocycles. The Morgan fingerprint density at radius 1 is 1.39 bits per heavy atom. The monoisotopic (exact) mass is 405 g/mol. The van der Waals surface area contributed by atoms with Gasteiger partial charge in [-0.15, -0.1) is 11.3 Å². The van der Waals surface area contributed by atoms with Gasteiger partial charge < -0.3 is 9.64 Å². The molecule has 0 amide bonds. The maximum atomic E-state index is 12.7. The van der Waals surface area contributed by atoms with E-state index in [0.29, 0.717) is 12.5 Å². The van der Waals surface area contributed by atoms with Gasteiger partial charge in [0.25, 0.3) is 5.56 Å². The van der Waals surface area contributed by atoms with Crippen LogP contribution in [0.25, 0.3) is 0 Å². The zero-order chi connectivity index (χ0) is 20.1. The molecule has 2 aromatic rings. The van der Waals surface area contributed by atoms with E-state index in [-0.39, 0.29) is 11.6 Å². The summed E-state index contributed by atoms with van der Waals surface area (Å²) in [4.78, 5) is 22.9. The summed E-state index contributed by atoms with van der Waals surface area (Å²) in [6, 6.07) is 1.80. The smallest absolute Gasteiger partial charge is 0.269 e. The number of piperidine rings is 1. The van der Waals surface area contributed by atoms with E-state index in [2.05, 4.69) is 28.8 Å². The van der Waals surface area contributed by atoms with E-state index in [0.717, 1.165) is 44.7 Å². The first kappa shape index (κ1) is 21.0. The van der Waals surface area contributed by atoms with Gasteiger partial charge in [-0.25, -0.2) is 9.67 Å². The molecule has 1 aliphatic rings. The van der Waals surface area contributed by atoms with Crippen molar-refractivity contribution in [2.24, 2.45) is 0 Å². The van der Waals surface area contributed by atoms with Crippen molar-refractivity contribution < 1.29 is 4.74 Å². The Kier molecular flexibility index (Phi) is 7.20. The third-order valence-corrected chi connectivity index (χ3v) is 6.44. The number of rotatable bonds is 8. The molecular formula is C20H31N5O2S. The lowest BCUT2D eigenvalue weighted by Crippen LogP contribution is -2.40. The first-order valence-corrected chi connectivity index (χ1v) is 10.8. The van der Waals surface area contributed by atoms with E-state index in [9.17, 15) is 4.79 Å². The van der Waals surface area contributed by atoms with Crippen LogP contribution < -0.4 is 10.5 Å². The highest BCUT2D eigenvalue weighted by atomic mass is 32.1. The molecule has 0 aliphatic carbocycles. The molecule has 0 spiro atoms. The van der Waals surface area contributed by atoms with Crippen LogP contribution in [-0.2, 0) is 11.3 Å². The number of thiazole rings is 1. The number of aromatic nitrogens is 3. The van der Waals surface area contributed by atoms with Crippen LogP contribution in [0, 0.1) is 0 Å². The van der Waals surface area contributed by atoms with Crippen molar-refractivity contribution in [3.63, 3.8) is 0 Å². The minimum absolute atomic E-state index is 0.0338. The van der Waals surface area contributed by atoms with E-state index in [1.165, 1.54) is 9.88 Å². The number of hydrogen-bond donors (Lipinski definition) is 0. The average Bonchev–Trinajstić information content (AvgIpc) is 3.15. The molecule has 3 rings (SSSR count). The van der Waals surface area contributed by atoms with E-state index >= 15 is 0 Å². The molecule has 0 saturated carbocycles. The Morgan fingerprint density at radius 2 is 2.21 bits per heavy atom. The van der Waals surface area contributed by atoms with Crippen molar-refractivity contribution in [1.82, 2.24) is 19.7 Å². The van der Waals surface area contributed by atoms with E-state index < -0.39 is 0 Å². The molecule has 3 heterocycles. The molecule has 154 valence electrons. The molecule has 0 N–H and O–H groups in total. The molecule has 0 radical (unpaired) electrons. The van der Waals surface area contributed by atoms with E-state index in [1.54, 1.807) is 35.4 Å². The van der Waals surface area contributed by atoms with E-state index in [1.807, 2.05) is 18.1 Å². The largest absolute Gasteiger partial charge is 0.383 e. The van der Waals surface area contributed by atoms with Crippen LogP contribution in [0.1, 0.15) is 48.5 Å². The molecule has 28 heavy (non-hydrogen) atoms. The summed E-state index contributed by atoms with van der Waals surface area (Å²) in [5.41, 5.74) is 0.797. The fraction of sp³-hybridized carbons (Fsp3) is 0.650. The summed E-state index contributed by atoms with van der Waals surface area (Å²) in [5, 5.41) is 5.67. The van der Waals surface area contributed by atoms with Crippen LogP contribution in [0.15, 0.2) is 23.3 Å². The maximum absolute atomic E-state index is 12.7. The lowest BCUT2D eigenvalue weighted by Gasteiger charge is -2.32. The van der Waals surface area contributed by atoms with Gasteiger partial charge in [0.15, 0.2) is 0 Å². The Balaban J connectivity index is 1.65. The molecule has 1 fully saturated rings. The van der Waals surface area contributed by atoms with Crippen LogP contribution in [0.3, 0.4) is 0 Å². The number of nitrogens with zero attached hydrogens (tertiary/aromatic N) is 5. The first-order valence-electron chi connectivity index (χ1n) is 9.93. The Bertz CT molecular complexity index is 819. The predicted molar refractivity (Wildman–Crippen MR) is 113 cm³/mol. The van der Waals surface area contributed by atoms with Gasteiger partial charge in [0.1, 0.15) is 0 Å². The lowest BCUT2D eigenvalue weighted by atomic mass is 10.1. The molecular weight excluding hydrogens is 374 g/mol. The minimum atomic E-state index is -0.0338. The summed E-state index contributed by atoms with van der Waals surface area (Å²) >= 11 is 1.79. The quantitative estimate of drug-likeness (QED) is 0.673. The number of anilines is 1. The van der Waals surface area contributed by atoms with Gasteiger partial charge >= 0.3 is 0 Å². The summed E-state index contributed by atoms with van der Waals surface area (Å²) in [6.07, 6.45) is 5.85. The Hall–Kier alpha value is -1.77. The zero-order valence-electron chi connectivity index (χ0n) is 17.3. The second-order valence-corrected chi connectivity index (χ2v) is 8.91. The Labute approximate surface area is 170 Å². The van der Waals surface area contributed by atoms with E-state index in [4.69, 9.17) is 4.74 Å². The number of hydrogen-bond acceptors (Lipinski definition) is 7. The van der Waals surface area contributed by atoms with Gasteiger partial charge in [0.05, 0.1) is 29.5 Å². The average molecular weight is 406 g/mol. The minimum Gasteiger partial charge on any atom is -0.383 e. The highest BCUT2D eigenvalue weighted by Crippen LogP contribution is 2.25.